The number of carbonyl (C=O) groups is 3. The monoisotopic (exact) mass is 361 g/mol. The van der Waals surface area contributed by atoms with E-state index in [4.69, 9.17) is 9.47 Å². The molecular formula is C20H27NO5. The molecule has 1 aliphatic rings. The van der Waals surface area contributed by atoms with Crippen LogP contribution in [0.15, 0.2) is 30.3 Å². The summed E-state index contributed by atoms with van der Waals surface area (Å²) in [4.78, 5) is 37.8. The Morgan fingerprint density at radius 1 is 1.19 bits per heavy atom. The number of nitrogens with zero attached hydrogens (tertiary/aromatic N) is 1. The molecule has 0 saturated carbocycles. The Balaban J connectivity index is 2.00. The third kappa shape index (κ3) is 5.58. The van der Waals surface area contributed by atoms with Gasteiger partial charge in [-0.2, -0.15) is 0 Å². The van der Waals surface area contributed by atoms with Crippen LogP contribution in [-0.2, 0) is 25.5 Å². The summed E-state index contributed by atoms with van der Waals surface area (Å²) >= 11 is 0. The number of piperidine rings is 1. The van der Waals surface area contributed by atoms with Crippen LogP contribution in [0.5, 0.6) is 0 Å². The minimum atomic E-state index is -0.478. The molecule has 1 aliphatic heterocycles. The van der Waals surface area contributed by atoms with Gasteiger partial charge in [0.1, 0.15) is 12.2 Å². The third-order valence-electron chi connectivity index (χ3n) is 4.81. The second-order valence-electron chi connectivity index (χ2n) is 6.51. The molecule has 6 heteroatoms. The lowest BCUT2D eigenvalue weighted by molar-refractivity contribution is -0.146. The molecule has 0 aliphatic carbocycles. The third-order valence-corrected chi connectivity index (χ3v) is 4.81. The molecular weight excluding hydrogens is 334 g/mol. The topological polar surface area (TPSA) is 72.9 Å². The molecule has 1 aromatic carbocycles. The number of Topliss-reactive ketones (excluding diaryl/α,β-unsaturated/α-hetero) is 1. The van der Waals surface area contributed by atoms with Crippen LogP contribution >= 0.6 is 0 Å². The number of hydrogen-bond acceptors (Lipinski definition) is 5. The van der Waals surface area contributed by atoms with Gasteiger partial charge in [-0.15, -0.1) is 0 Å². The molecule has 1 aromatic rings. The second-order valence-corrected chi connectivity index (χ2v) is 6.51. The van der Waals surface area contributed by atoms with Gasteiger partial charge in [0.05, 0.1) is 13.7 Å². The normalized spacial score (nSPS) is 19.7. The van der Waals surface area contributed by atoms with Crippen molar-refractivity contribution < 1.29 is 23.9 Å². The van der Waals surface area contributed by atoms with E-state index in [-0.39, 0.29) is 36.9 Å². The standard InChI is InChI=1S/C20H27NO5/c1-3-26-19(23)14-18(22)16-11-12-21(20(24)25-2)17(13-16)10-9-15-7-5-4-6-8-15/h4-8,16-17H,3,9-14H2,1-2H3/t16-,17-/m1/s1. The van der Waals surface area contributed by atoms with Crippen molar-refractivity contribution in [3.63, 3.8) is 0 Å². The molecule has 6 nitrogen and oxygen atoms in total. The van der Waals surface area contributed by atoms with E-state index in [0.717, 1.165) is 12.8 Å². The number of aryl methyl sites for hydroxylation is 1. The van der Waals surface area contributed by atoms with Gasteiger partial charge in [-0.1, -0.05) is 30.3 Å². The zero-order chi connectivity index (χ0) is 18.9. The largest absolute Gasteiger partial charge is 0.466 e. The van der Waals surface area contributed by atoms with Crippen LogP contribution in [0, 0.1) is 5.92 Å². The smallest absolute Gasteiger partial charge is 0.409 e. The van der Waals surface area contributed by atoms with Gasteiger partial charge in [0.15, 0.2) is 0 Å². The maximum atomic E-state index is 12.4. The van der Waals surface area contributed by atoms with Gasteiger partial charge in [0.2, 0.25) is 0 Å². The molecule has 0 N–H and O–H groups in total. The Kier molecular flexibility index (Phi) is 7.63. The SMILES string of the molecule is CCOC(=O)CC(=O)[C@@H]1CCN(C(=O)OC)[C@H](CCc2ccccc2)C1. The number of likely N-dealkylation sites (tertiary alicyclic amines) is 1. The van der Waals surface area contributed by atoms with Crippen molar-refractivity contribution in [3.05, 3.63) is 35.9 Å². The highest BCUT2D eigenvalue weighted by Crippen LogP contribution is 2.28. The van der Waals surface area contributed by atoms with Crippen LogP contribution in [0.4, 0.5) is 4.79 Å². The average Bonchev–Trinajstić information content (AvgIpc) is 2.66. The van der Waals surface area contributed by atoms with E-state index in [1.54, 1.807) is 11.8 Å². The number of hydrogen-bond donors (Lipinski definition) is 0. The quantitative estimate of drug-likeness (QED) is 0.551. The maximum absolute atomic E-state index is 12.4. The number of esters is 1. The van der Waals surface area contributed by atoms with E-state index in [2.05, 4.69) is 12.1 Å². The molecule has 142 valence electrons. The van der Waals surface area contributed by atoms with E-state index < -0.39 is 5.97 Å². The zero-order valence-corrected chi connectivity index (χ0v) is 15.5. The van der Waals surface area contributed by atoms with Crippen molar-refractivity contribution in [2.24, 2.45) is 5.92 Å². The molecule has 1 amide bonds. The summed E-state index contributed by atoms with van der Waals surface area (Å²) in [5, 5.41) is 0. The summed E-state index contributed by atoms with van der Waals surface area (Å²) in [5.41, 5.74) is 1.19. The van der Waals surface area contributed by atoms with Gasteiger partial charge in [-0.05, 0) is 38.2 Å². The minimum Gasteiger partial charge on any atom is -0.466 e. The molecule has 2 atom stereocenters. The van der Waals surface area contributed by atoms with Gasteiger partial charge in [-0.25, -0.2) is 4.79 Å². The number of amides is 1. The van der Waals surface area contributed by atoms with Crippen LogP contribution in [0.3, 0.4) is 0 Å². The lowest BCUT2D eigenvalue weighted by Gasteiger charge is -2.38. The summed E-state index contributed by atoms with van der Waals surface area (Å²) in [6, 6.07) is 9.96. The lowest BCUT2D eigenvalue weighted by Crippen LogP contribution is -2.47. The van der Waals surface area contributed by atoms with Gasteiger partial charge < -0.3 is 14.4 Å². The minimum absolute atomic E-state index is 0.0763. The second kappa shape index (κ2) is 9.94. The summed E-state index contributed by atoms with van der Waals surface area (Å²) in [5.74, 6) is -0.799. The molecule has 0 radical (unpaired) electrons. The van der Waals surface area contributed by atoms with Gasteiger partial charge in [-0.3, -0.25) is 9.59 Å². The number of methoxy groups -OCH3 is 1. The molecule has 0 aromatic heterocycles. The lowest BCUT2D eigenvalue weighted by atomic mass is 9.84. The summed E-state index contributed by atoms with van der Waals surface area (Å²) in [6.07, 6.45) is 2.12. The number of ether oxygens (including phenoxy) is 2. The summed E-state index contributed by atoms with van der Waals surface area (Å²) < 4.78 is 9.76. The highest BCUT2D eigenvalue weighted by Gasteiger charge is 2.35. The number of benzene rings is 1. The Morgan fingerprint density at radius 2 is 1.92 bits per heavy atom. The first-order valence-corrected chi connectivity index (χ1v) is 9.12. The van der Waals surface area contributed by atoms with E-state index >= 15 is 0 Å². The summed E-state index contributed by atoms with van der Waals surface area (Å²) in [6.45, 7) is 2.45. The number of rotatable bonds is 7. The predicted molar refractivity (Wildman–Crippen MR) is 96.6 cm³/mol. The maximum Gasteiger partial charge on any atom is 0.409 e. The fraction of sp³-hybridized carbons (Fsp3) is 0.550. The zero-order valence-electron chi connectivity index (χ0n) is 15.5. The average molecular weight is 361 g/mol. The van der Waals surface area contributed by atoms with Crippen molar-refractivity contribution in [1.29, 1.82) is 0 Å². The van der Waals surface area contributed by atoms with E-state index in [1.165, 1.54) is 12.7 Å². The van der Waals surface area contributed by atoms with Gasteiger partial charge >= 0.3 is 12.1 Å². The molecule has 1 saturated heterocycles. The highest BCUT2D eigenvalue weighted by molar-refractivity contribution is 5.96. The van der Waals surface area contributed by atoms with Crippen LogP contribution in [0.1, 0.15) is 38.2 Å². The Labute approximate surface area is 154 Å². The van der Waals surface area contributed by atoms with Gasteiger partial charge in [0.25, 0.3) is 0 Å². The van der Waals surface area contributed by atoms with Gasteiger partial charge in [0, 0.05) is 18.5 Å². The molecule has 26 heavy (non-hydrogen) atoms. The van der Waals surface area contributed by atoms with Crippen molar-refractivity contribution >= 4 is 17.8 Å². The van der Waals surface area contributed by atoms with Crippen LogP contribution in [-0.4, -0.2) is 49.0 Å². The highest BCUT2D eigenvalue weighted by atomic mass is 16.5. The first kappa shape index (κ1) is 19.9. The molecule has 1 heterocycles. The van der Waals surface area contributed by atoms with Crippen LogP contribution in [0.2, 0.25) is 0 Å². The van der Waals surface area contributed by atoms with Crippen LogP contribution in [0.25, 0.3) is 0 Å². The van der Waals surface area contributed by atoms with Crippen molar-refractivity contribution in [2.45, 2.75) is 45.1 Å². The first-order chi connectivity index (χ1) is 12.5. The Bertz CT molecular complexity index is 616. The fourth-order valence-electron chi connectivity index (χ4n) is 3.45. The Hall–Kier alpha value is -2.37. The molecule has 2 rings (SSSR count). The number of carbonyl (C=O) groups excluding carboxylic acids is 3. The van der Waals surface area contributed by atoms with E-state index in [0.29, 0.717) is 19.4 Å². The first-order valence-electron chi connectivity index (χ1n) is 9.12. The van der Waals surface area contributed by atoms with Crippen molar-refractivity contribution in [2.75, 3.05) is 20.3 Å². The Morgan fingerprint density at radius 3 is 2.58 bits per heavy atom. The van der Waals surface area contributed by atoms with E-state index in [9.17, 15) is 14.4 Å². The molecule has 0 bridgehead atoms. The molecule has 0 unspecified atom stereocenters. The molecule has 1 fully saturated rings. The van der Waals surface area contributed by atoms with Crippen molar-refractivity contribution in [1.82, 2.24) is 4.90 Å². The number of ketones is 1. The predicted octanol–water partition coefficient (Wildman–Crippen LogP) is 2.99. The van der Waals surface area contributed by atoms with Crippen LogP contribution < -0.4 is 0 Å². The van der Waals surface area contributed by atoms with E-state index in [1.807, 2.05) is 18.2 Å². The fourth-order valence-corrected chi connectivity index (χ4v) is 3.45. The molecule has 0 spiro atoms. The summed E-state index contributed by atoms with van der Waals surface area (Å²) in [7, 11) is 1.37. The van der Waals surface area contributed by atoms with Crippen molar-refractivity contribution in [3.8, 4) is 0 Å².